The van der Waals surface area contributed by atoms with Crippen LogP contribution in [0, 0.1) is 6.92 Å². The summed E-state index contributed by atoms with van der Waals surface area (Å²) in [6, 6.07) is 4.04. The minimum absolute atomic E-state index is 0.673. The van der Waals surface area contributed by atoms with E-state index in [2.05, 4.69) is 41.8 Å². The Morgan fingerprint density at radius 2 is 1.95 bits per heavy atom. The van der Waals surface area contributed by atoms with Crippen LogP contribution in [-0.4, -0.2) is 46.3 Å². The molecule has 0 amide bonds. The highest BCUT2D eigenvalue weighted by atomic mass is 15.3. The molecule has 3 heterocycles. The second kappa shape index (κ2) is 5.57. The van der Waals surface area contributed by atoms with Gasteiger partial charge in [0.1, 0.15) is 5.82 Å². The fraction of sp³-hybridized carbons (Fsp3) is 0.533. The molecular weight excluding hydrogens is 278 g/mol. The molecule has 2 fully saturated rings. The fourth-order valence-electron chi connectivity index (χ4n) is 2.76. The predicted octanol–water partition coefficient (Wildman–Crippen LogP) is 1.54. The lowest BCUT2D eigenvalue weighted by Gasteiger charge is -2.27. The van der Waals surface area contributed by atoms with Crippen molar-refractivity contribution in [2.45, 2.75) is 25.7 Å². The molecule has 7 heteroatoms. The van der Waals surface area contributed by atoms with Gasteiger partial charge in [-0.25, -0.2) is 4.98 Å². The number of H-pyrrole nitrogens is 1. The lowest BCUT2D eigenvalue weighted by Crippen LogP contribution is -2.44. The molecule has 7 nitrogen and oxygen atoms in total. The van der Waals surface area contributed by atoms with Crippen molar-refractivity contribution in [3.05, 3.63) is 23.5 Å². The van der Waals surface area contributed by atoms with E-state index in [-0.39, 0.29) is 0 Å². The zero-order valence-corrected chi connectivity index (χ0v) is 12.8. The van der Waals surface area contributed by atoms with E-state index in [9.17, 15) is 0 Å². The highest BCUT2D eigenvalue weighted by molar-refractivity contribution is 5.54. The first-order valence-corrected chi connectivity index (χ1v) is 7.91. The van der Waals surface area contributed by atoms with Crippen molar-refractivity contribution in [1.29, 1.82) is 0 Å². The van der Waals surface area contributed by atoms with Crippen molar-refractivity contribution < 1.29 is 0 Å². The maximum absolute atomic E-state index is 4.64. The molecule has 1 saturated heterocycles. The Bertz CT molecular complexity index is 656. The second-order valence-corrected chi connectivity index (χ2v) is 6.04. The summed E-state index contributed by atoms with van der Waals surface area (Å²) in [5.41, 5.74) is 2.18. The third-order valence-corrected chi connectivity index (χ3v) is 4.11. The number of rotatable bonds is 4. The number of nitrogens with one attached hydrogen (secondary N) is 3. The van der Waals surface area contributed by atoms with Crippen molar-refractivity contribution in [3.8, 4) is 0 Å². The molecule has 1 aliphatic carbocycles. The van der Waals surface area contributed by atoms with Crippen LogP contribution in [0.25, 0.3) is 0 Å². The third-order valence-electron chi connectivity index (χ3n) is 4.11. The number of aromatic amines is 1. The van der Waals surface area contributed by atoms with Gasteiger partial charge in [-0.2, -0.15) is 10.1 Å². The predicted molar refractivity (Wildman–Crippen MR) is 85.7 cm³/mol. The van der Waals surface area contributed by atoms with E-state index >= 15 is 0 Å². The number of aromatic nitrogens is 4. The Kier molecular flexibility index (Phi) is 3.42. The Hall–Kier alpha value is -2.15. The summed E-state index contributed by atoms with van der Waals surface area (Å²) in [6.45, 7) is 5.83. The summed E-state index contributed by atoms with van der Waals surface area (Å²) in [7, 11) is 0. The van der Waals surface area contributed by atoms with Gasteiger partial charge in [-0.3, -0.25) is 5.10 Å². The third kappa shape index (κ3) is 2.89. The zero-order chi connectivity index (χ0) is 14.9. The molecule has 3 N–H and O–H groups in total. The van der Waals surface area contributed by atoms with E-state index in [1.165, 1.54) is 18.5 Å². The average molecular weight is 299 g/mol. The molecule has 0 spiro atoms. The largest absolute Gasteiger partial charge is 0.338 e. The van der Waals surface area contributed by atoms with Crippen LogP contribution in [0.4, 0.5) is 17.6 Å². The van der Waals surface area contributed by atoms with Gasteiger partial charge in [0, 0.05) is 55.6 Å². The fourth-order valence-corrected chi connectivity index (χ4v) is 2.76. The standard InChI is InChI=1S/C15H21N7/c1-10-8-13(18-14-9-12(20-21-14)11-2-3-11)19-15(17-10)22-6-4-16-5-7-22/h8-9,11,16H,2-7H2,1H3,(H2,17,18,19,20,21). The van der Waals surface area contributed by atoms with Crippen LogP contribution in [0.2, 0.25) is 0 Å². The van der Waals surface area contributed by atoms with Gasteiger partial charge in [0.05, 0.1) is 0 Å². The summed E-state index contributed by atoms with van der Waals surface area (Å²) < 4.78 is 0. The van der Waals surface area contributed by atoms with Gasteiger partial charge in [0.25, 0.3) is 0 Å². The highest BCUT2D eigenvalue weighted by Crippen LogP contribution is 2.39. The first kappa shape index (κ1) is 13.5. The number of hydrogen-bond donors (Lipinski definition) is 3. The van der Waals surface area contributed by atoms with Gasteiger partial charge in [-0.15, -0.1) is 0 Å². The molecule has 22 heavy (non-hydrogen) atoms. The van der Waals surface area contributed by atoms with E-state index in [1.54, 1.807) is 0 Å². The van der Waals surface area contributed by atoms with Crippen LogP contribution in [0.5, 0.6) is 0 Å². The van der Waals surface area contributed by atoms with Gasteiger partial charge in [-0.1, -0.05) is 0 Å². The number of piperazine rings is 1. The Morgan fingerprint density at radius 1 is 1.14 bits per heavy atom. The maximum atomic E-state index is 4.64. The van der Waals surface area contributed by atoms with E-state index in [0.717, 1.165) is 49.5 Å². The van der Waals surface area contributed by atoms with Gasteiger partial charge >= 0.3 is 0 Å². The van der Waals surface area contributed by atoms with Crippen LogP contribution in [0.3, 0.4) is 0 Å². The van der Waals surface area contributed by atoms with Crippen molar-refractivity contribution in [2.75, 3.05) is 36.4 Å². The number of aryl methyl sites for hydroxylation is 1. The molecule has 1 saturated carbocycles. The Labute approximate surface area is 129 Å². The van der Waals surface area contributed by atoms with Gasteiger partial charge in [0.2, 0.25) is 5.95 Å². The molecule has 0 radical (unpaired) electrons. The topological polar surface area (TPSA) is 81.8 Å². The number of nitrogens with zero attached hydrogens (tertiary/aromatic N) is 4. The summed E-state index contributed by atoms with van der Waals surface area (Å²) >= 11 is 0. The summed E-state index contributed by atoms with van der Waals surface area (Å²) in [5, 5.41) is 14.1. The van der Waals surface area contributed by atoms with E-state index < -0.39 is 0 Å². The highest BCUT2D eigenvalue weighted by Gasteiger charge is 2.25. The molecule has 0 unspecified atom stereocenters. The van der Waals surface area contributed by atoms with E-state index in [0.29, 0.717) is 5.92 Å². The normalized spacial score (nSPS) is 18.5. The molecule has 1 aliphatic heterocycles. The summed E-state index contributed by atoms with van der Waals surface area (Å²) in [5.74, 6) is 3.09. The second-order valence-electron chi connectivity index (χ2n) is 6.04. The molecule has 2 aromatic rings. The van der Waals surface area contributed by atoms with Crippen LogP contribution < -0.4 is 15.5 Å². The van der Waals surface area contributed by atoms with Gasteiger partial charge in [-0.05, 0) is 19.8 Å². The van der Waals surface area contributed by atoms with E-state index in [4.69, 9.17) is 0 Å². The molecule has 0 aromatic carbocycles. The molecule has 116 valence electrons. The molecule has 0 atom stereocenters. The smallest absolute Gasteiger partial charge is 0.227 e. The van der Waals surface area contributed by atoms with Crippen molar-refractivity contribution in [3.63, 3.8) is 0 Å². The summed E-state index contributed by atoms with van der Waals surface area (Å²) in [4.78, 5) is 11.4. The number of hydrogen-bond acceptors (Lipinski definition) is 6. The lowest BCUT2D eigenvalue weighted by atomic mass is 10.3. The summed E-state index contributed by atoms with van der Waals surface area (Å²) in [6.07, 6.45) is 2.53. The minimum Gasteiger partial charge on any atom is -0.338 e. The molecule has 4 rings (SSSR count). The SMILES string of the molecule is Cc1cc(Nc2cc(C3CC3)[nH]n2)nc(N2CCNCC2)n1. The van der Waals surface area contributed by atoms with Crippen molar-refractivity contribution >= 4 is 17.6 Å². The molecule has 0 bridgehead atoms. The monoisotopic (exact) mass is 299 g/mol. The van der Waals surface area contributed by atoms with Crippen LogP contribution in [-0.2, 0) is 0 Å². The van der Waals surface area contributed by atoms with Crippen molar-refractivity contribution in [1.82, 2.24) is 25.5 Å². The van der Waals surface area contributed by atoms with Crippen LogP contribution >= 0.6 is 0 Å². The number of anilines is 3. The minimum atomic E-state index is 0.673. The zero-order valence-electron chi connectivity index (χ0n) is 12.8. The Balaban J connectivity index is 1.53. The lowest BCUT2D eigenvalue weighted by molar-refractivity contribution is 0.579. The Morgan fingerprint density at radius 3 is 2.73 bits per heavy atom. The first-order chi connectivity index (χ1) is 10.8. The van der Waals surface area contributed by atoms with Gasteiger partial charge in [0.15, 0.2) is 5.82 Å². The quantitative estimate of drug-likeness (QED) is 0.794. The molecule has 2 aromatic heterocycles. The van der Waals surface area contributed by atoms with Gasteiger partial charge < -0.3 is 15.5 Å². The first-order valence-electron chi connectivity index (χ1n) is 7.91. The molecular formula is C15H21N7. The van der Waals surface area contributed by atoms with Crippen LogP contribution in [0.15, 0.2) is 12.1 Å². The van der Waals surface area contributed by atoms with E-state index in [1.807, 2.05) is 13.0 Å². The maximum Gasteiger partial charge on any atom is 0.227 e. The van der Waals surface area contributed by atoms with Crippen molar-refractivity contribution in [2.24, 2.45) is 0 Å². The molecule has 2 aliphatic rings. The van der Waals surface area contributed by atoms with Crippen LogP contribution in [0.1, 0.15) is 30.1 Å². The average Bonchev–Trinajstić information content (AvgIpc) is 3.28.